The highest BCUT2D eigenvalue weighted by molar-refractivity contribution is 5.89. The van der Waals surface area contributed by atoms with Crippen molar-refractivity contribution in [1.29, 1.82) is 0 Å². The number of nitrogens with zero attached hydrogens (tertiary/aromatic N) is 4. The Bertz CT molecular complexity index is 997. The molecule has 0 aromatic carbocycles. The van der Waals surface area contributed by atoms with E-state index in [-0.39, 0.29) is 5.82 Å². The molecule has 28 heavy (non-hydrogen) atoms. The van der Waals surface area contributed by atoms with Crippen molar-refractivity contribution in [2.45, 2.75) is 46.0 Å². The van der Waals surface area contributed by atoms with Crippen LogP contribution in [0.5, 0.6) is 0 Å². The van der Waals surface area contributed by atoms with Crippen LogP contribution >= 0.6 is 0 Å². The summed E-state index contributed by atoms with van der Waals surface area (Å²) in [5.74, 6) is -1.16. The number of aliphatic carboxylic acids is 1. The Morgan fingerprint density at radius 2 is 1.96 bits per heavy atom. The zero-order valence-corrected chi connectivity index (χ0v) is 15.9. The Hall–Kier alpha value is -3.10. The van der Waals surface area contributed by atoms with Crippen LogP contribution in [0.3, 0.4) is 0 Å². The summed E-state index contributed by atoms with van der Waals surface area (Å²) in [6.45, 7) is 3.78. The number of carbonyl (C=O) groups is 1. The standard InChI is InChI=1S/C11H9FN6.C8H14O2/c1-5-2-6-8(17-18-10(6)14-3-5)11-15-4-7(12)9(13)16-11;1-8(7(9)10)5-3-2-4-6-8/h2-4H,1H3,(H2,13,15,16)(H,14,17,18);2-6H2,1H3,(H,9,10). The Balaban J connectivity index is 0.000000192. The van der Waals surface area contributed by atoms with Crippen molar-refractivity contribution >= 4 is 22.8 Å². The van der Waals surface area contributed by atoms with Crippen molar-refractivity contribution in [3.05, 3.63) is 29.8 Å². The molecule has 148 valence electrons. The van der Waals surface area contributed by atoms with E-state index < -0.39 is 17.2 Å². The number of carboxylic acids is 1. The molecule has 4 N–H and O–H groups in total. The molecular formula is C19H23FN6O2. The van der Waals surface area contributed by atoms with Crippen molar-refractivity contribution in [3.8, 4) is 11.5 Å². The van der Waals surface area contributed by atoms with Crippen molar-refractivity contribution in [3.63, 3.8) is 0 Å². The molecule has 0 amide bonds. The third-order valence-electron chi connectivity index (χ3n) is 5.01. The topological polar surface area (TPSA) is 131 Å². The van der Waals surface area contributed by atoms with E-state index in [2.05, 4.69) is 25.1 Å². The molecule has 1 aliphatic rings. The second kappa shape index (κ2) is 7.87. The Labute approximate surface area is 161 Å². The van der Waals surface area contributed by atoms with E-state index in [0.29, 0.717) is 17.2 Å². The van der Waals surface area contributed by atoms with E-state index in [1.54, 1.807) is 6.20 Å². The van der Waals surface area contributed by atoms with Crippen LogP contribution in [0.15, 0.2) is 18.5 Å². The fourth-order valence-electron chi connectivity index (χ4n) is 3.22. The van der Waals surface area contributed by atoms with Gasteiger partial charge in [0.1, 0.15) is 5.69 Å². The molecule has 3 aromatic heterocycles. The number of H-pyrrole nitrogens is 1. The van der Waals surface area contributed by atoms with Gasteiger partial charge >= 0.3 is 5.97 Å². The number of nitrogens with two attached hydrogens (primary N) is 1. The van der Waals surface area contributed by atoms with Gasteiger partial charge < -0.3 is 10.8 Å². The molecule has 3 aromatic rings. The fraction of sp³-hybridized carbons (Fsp3) is 0.421. The molecule has 0 spiro atoms. The predicted molar refractivity (Wildman–Crippen MR) is 103 cm³/mol. The van der Waals surface area contributed by atoms with Crippen molar-refractivity contribution in [2.75, 3.05) is 5.73 Å². The molecule has 0 aliphatic heterocycles. The Morgan fingerprint density at radius 3 is 2.57 bits per heavy atom. The molecule has 1 fully saturated rings. The van der Waals surface area contributed by atoms with E-state index in [1.165, 1.54) is 6.42 Å². The first kappa shape index (κ1) is 19.7. The number of hydrogen-bond acceptors (Lipinski definition) is 6. The summed E-state index contributed by atoms with van der Waals surface area (Å²) < 4.78 is 13.0. The van der Waals surface area contributed by atoms with Crippen LogP contribution in [0.4, 0.5) is 10.2 Å². The lowest BCUT2D eigenvalue weighted by Crippen LogP contribution is -2.29. The van der Waals surface area contributed by atoms with Gasteiger partial charge in [-0.1, -0.05) is 19.3 Å². The average molecular weight is 386 g/mol. The summed E-state index contributed by atoms with van der Waals surface area (Å²) >= 11 is 0. The van der Waals surface area contributed by atoms with Crippen LogP contribution in [-0.4, -0.2) is 36.2 Å². The van der Waals surface area contributed by atoms with Gasteiger partial charge in [0, 0.05) is 6.20 Å². The molecule has 1 saturated carbocycles. The smallest absolute Gasteiger partial charge is 0.309 e. The maximum Gasteiger partial charge on any atom is 0.309 e. The van der Waals surface area contributed by atoms with Gasteiger partial charge in [0.15, 0.2) is 23.1 Å². The highest BCUT2D eigenvalue weighted by Crippen LogP contribution is 2.35. The summed E-state index contributed by atoms with van der Waals surface area (Å²) in [6, 6.07) is 1.91. The molecule has 0 saturated heterocycles. The lowest BCUT2D eigenvalue weighted by Gasteiger charge is -2.28. The molecule has 9 heteroatoms. The molecule has 0 atom stereocenters. The van der Waals surface area contributed by atoms with Gasteiger partial charge in [-0.05, 0) is 38.3 Å². The van der Waals surface area contributed by atoms with E-state index in [9.17, 15) is 9.18 Å². The van der Waals surface area contributed by atoms with Gasteiger partial charge in [-0.15, -0.1) is 0 Å². The maximum absolute atomic E-state index is 13.0. The normalized spacial score (nSPS) is 15.7. The molecule has 0 bridgehead atoms. The molecule has 0 radical (unpaired) electrons. The van der Waals surface area contributed by atoms with Crippen LogP contribution in [0.2, 0.25) is 0 Å². The van der Waals surface area contributed by atoms with Crippen molar-refractivity contribution < 1.29 is 14.3 Å². The van der Waals surface area contributed by atoms with Gasteiger partial charge in [0.2, 0.25) is 0 Å². The first-order chi connectivity index (χ1) is 13.3. The van der Waals surface area contributed by atoms with Gasteiger partial charge in [0.05, 0.1) is 17.0 Å². The molecule has 0 unspecified atom stereocenters. The summed E-state index contributed by atoms with van der Waals surface area (Å²) in [6.07, 6.45) is 7.86. The number of pyridine rings is 1. The number of nitrogens with one attached hydrogen (secondary N) is 1. The first-order valence-corrected chi connectivity index (χ1v) is 9.13. The van der Waals surface area contributed by atoms with Crippen molar-refractivity contribution in [2.24, 2.45) is 5.41 Å². The zero-order chi connectivity index (χ0) is 20.3. The number of halogens is 1. The molecule has 8 nitrogen and oxygen atoms in total. The first-order valence-electron chi connectivity index (χ1n) is 9.13. The predicted octanol–water partition coefficient (Wildman–Crippen LogP) is 3.49. The number of rotatable bonds is 2. The third kappa shape index (κ3) is 4.08. The lowest BCUT2D eigenvalue weighted by molar-refractivity contribution is -0.149. The number of nitrogen functional groups attached to an aromatic ring is 1. The van der Waals surface area contributed by atoms with Crippen LogP contribution < -0.4 is 5.73 Å². The zero-order valence-electron chi connectivity index (χ0n) is 15.9. The molecule has 3 heterocycles. The minimum Gasteiger partial charge on any atom is -0.481 e. The SMILES string of the molecule is CC1(C(=O)O)CCCCC1.Cc1cnc2n[nH]c(-c3ncc(F)c(N)n3)c2c1. The van der Waals surface area contributed by atoms with E-state index in [1.807, 2.05) is 19.9 Å². The quantitative estimate of drug-likeness (QED) is 0.614. The number of aromatic nitrogens is 5. The maximum atomic E-state index is 13.0. The number of fused-ring (bicyclic) bond motifs is 1. The van der Waals surface area contributed by atoms with Gasteiger partial charge in [-0.3, -0.25) is 9.89 Å². The number of aromatic amines is 1. The molecule has 4 rings (SSSR count). The lowest BCUT2D eigenvalue weighted by atomic mass is 9.76. The Kier molecular flexibility index (Phi) is 5.53. The fourth-order valence-corrected chi connectivity index (χ4v) is 3.22. The Morgan fingerprint density at radius 1 is 1.25 bits per heavy atom. The summed E-state index contributed by atoms with van der Waals surface area (Å²) in [5, 5.41) is 16.4. The third-order valence-corrected chi connectivity index (χ3v) is 5.01. The second-order valence-electron chi connectivity index (χ2n) is 7.34. The number of anilines is 1. The van der Waals surface area contributed by atoms with Crippen LogP contribution in [0.1, 0.15) is 44.6 Å². The number of hydrogen-bond donors (Lipinski definition) is 3. The largest absolute Gasteiger partial charge is 0.481 e. The highest BCUT2D eigenvalue weighted by Gasteiger charge is 2.33. The van der Waals surface area contributed by atoms with E-state index >= 15 is 0 Å². The number of aryl methyl sites for hydroxylation is 1. The summed E-state index contributed by atoms with van der Waals surface area (Å²) in [7, 11) is 0. The van der Waals surface area contributed by atoms with Crippen LogP contribution in [0.25, 0.3) is 22.6 Å². The van der Waals surface area contributed by atoms with Crippen molar-refractivity contribution in [1.82, 2.24) is 25.1 Å². The minimum atomic E-state index is -0.642. The highest BCUT2D eigenvalue weighted by atomic mass is 19.1. The summed E-state index contributed by atoms with van der Waals surface area (Å²) in [4.78, 5) is 22.6. The molecule has 1 aliphatic carbocycles. The monoisotopic (exact) mass is 386 g/mol. The van der Waals surface area contributed by atoms with Crippen LogP contribution in [0, 0.1) is 18.2 Å². The van der Waals surface area contributed by atoms with Gasteiger partial charge in [0.25, 0.3) is 0 Å². The molecular weight excluding hydrogens is 363 g/mol. The summed E-state index contributed by atoms with van der Waals surface area (Å²) in [5.41, 5.74) is 7.14. The van der Waals surface area contributed by atoms with E-state index in [4.69, 9.17) is 10.8 Å². The number of carboxylic acid groups (broad SMARTS) is 1. The minimum absolute atomic E-state index is 0.191. The van der Waals surface area contributed by atoms with E-state index in [0.717, 1.165) is 42.8 Å². The van der Waals surface area contributed by atoms with Gasteiger partial charge in [-0.2, -0.15) is 5.10 Å². The average Bonchev–Trinajstić information content (AvgIpc) is 3.08. The second-order valence-corrected chi connectivity index (χ2v) is 7.34. The van der Waals surface area contributed by atoms with Crippen LogP contribution in [-0.2, 0) is 4.79 Å². The van der Waals surface area contributed by atoms with Gasteiger partial charge in [-0.25, -0.2) is 19.3 Å².